The molecule has 2 aliphatic heterocycles. The fourth-order valence-corrected chi connectivity index (χ4v) is 4.10. The van der Waals surface area contributed by atoms with Crippen LogP contribution in [0.3, 0.4) is 0 Å². The maximum Gasteiger partial charge on any atom is 0.246 e. The highest BCUT2D eigenvalue weighted by Gasteiger charge is 2.56. The number of hydrogen-bond acceptors (Lipinski definition) is 4. The van der Waals surface area contributed by atoms with E-state index in [0.717, 1.165) is 28.7 Å². The Labute approximate surface area is 156 Å². The van der Waals surface area contributed by atoms with E-state index < -0.39 is 5.41 Å². The summed E-state index contributed by atoms with van der Waals surface area (Å²) in [4.78, 5) is 30.7. The largest absolute Gasteiger partial charge is 0.491 e. The first kappa shape index (κ1) is 15.8. The van der Waals surface area contributed by atoms with Gasteiger partial charge in [0.2, 0.25) is 5.91 Å². The van der Waals surface area contributed by atoms with Gasteiger partial charge in [-0.3, -0.25) is 14.6 Å². The molecule has 0 bridgehead atoms. The Balaban J connectivity index is 1.66. The lowest BCUT2D eigenvalue weighted by Gasteiger charge is -2.23. The first-order valence-electron chi connectivity index (χ1n) is 8.77. The summed E-state index contributed by atoms with van der Waals surface area (Å²) in [5.74, 6) is 0.594. The van der Waals surface area contributed by atoms with Crippen LogP contribution in [0.15, 0.2) is 67.0 Å². The molecule has 5 rings (SSSR count). The van der Waals surface area contributed by atoms with Crippen LogP contribution in [0.25, 0.3) is 0 Å². The van der Waals surface area contributed by atoms with E-state index in [1.165, 1.54) is 0 Å². The Kier molecular flexibility index (Phi) is 3.37. The van der Waals surface area contributed by atoms with Gasteiger partial charge in [-0.15, -0.1) is 0 Å². The van der Waals surface area contributed by atoms with E-state index in [2.05, 4.69) is 4.98 Å². The van der Waals surface area contributed by atoms with Crippen molar-refractivity contribution in [3.8, 4) is 5.75 Å². The highest BCUT2D eigenvalue weighted by molar-refractivity contribution is 6.11. The maximum atomic E-state index is 13.7. The summed E-state index contributed by atoms with van der Waals surface area (Å²) in [6.45, 7) is 0.692. The molecule has 1 atom stereocenters. The van der Waals surface area contributed by atoms with Gasteiger partial charge in [0.05, 0.1) is 6.54 Å². The van der Waals surface area contributed by atoms with Crippen molar-refractivity contribution in [3.05, 3.63) is 89.2 Å². The van der Waals surface area contributed by atoms with Gasteiger partial charge in [0, 0.05) is 29.2 Å². The second-order valence-corrected chi connectivity index (χ2v) is 6.84. The van der Waals surface area contributed by atoms with Crippen LogP contribution in [-0.4, -0.2) is 23.8 Å². The lowest BCUT2D eigenvalue weighted by molar-refractivity contribution is -0.122. The van der Waals surface area contributed by atoms with Crippen molar-refractivity contribution in [3.63, 3.8) is 0 Å². The number of nitrogens with zero attached hydrogens (tertiary/aromatic N) is 2. The summed E-state index contributed by atoms with van der Waals surface area (Å²) in [5, 5.41) is 0. The number of anilines is 1. The molecule has 0 radical (unpaired) electrons. The van der Waals surface area contributed by atoms with Gasteiger partial charge >= 0.3 is 0 Å². The lowest BCUT2D eigenvalue weighted by atomic mass is 9.77. The van der Waals surface area contributed by atoms with Crippen molar-refractivity contribution >= 4 is 17.9 Å². The Bertz CT molecular complexity index is 1060. The molecule has 1 amide bonds. The average molecular weight is 356 g/mol. The predicted octanol–water partition coefficient (Wildman–Crippen LogP) is 3.12. The number of rotatable bonds is 3. The molecule has 0 saturated carbocycles. The second-order valence-electron chi connectivity index (χ2n) is 6.84. The van der Waals surface area contributed by atoms with E-state index in [1.807, 2.05) is 42.5 Å². The minimum atomic E-state index is -0.866. The number of pyridine rings is 1. The van der Waals surface area contributed by atoms with Crippen LogP contribution in [0.1, 0.15) is 27.0 Å². The summed E-state index contributed by atoms with van der Waals surface area (Å²) < 4.78 is 5.89. The SMILES string of the molecule is O=Cc1ccc2c(c1)OCC21C(=O)N(Cc2cccnc2)c2ccccc21. The third-order valence-corrected chi connectivity index (χ3v) is 5.37. The Hall–Kier alpha value is -3.47. The number of amides is 1. The monoisotopic (exact) mass is 356 g/mol. The number of aromatic nitrogens is 1. The molecule has 2 aromatic carbocycles. The van der Waals surface area contributed by atoms with Crippen molar-refractivity contribution in [2.45, 2.75) is 12.0 Å². The van der Waals surface area contributed by atoms with Gasteiger partial charge in [-0.25, -0.2) is 0 Å². The molecule has 1 aromatic heterocycles. The maximum absolute atomic E-state index is 13.7. The van der Waals surface area contributed by atoms with Crippen LogP contribution < -0.4 is 9.64 Å². The van der Waals surface area contributed by atoms with Crippen molar-refractivity contribution < 1.29 is 14.3 Å². The summed E-state index contributed by atoms with van der Waals surface area (Å²) in [5.41, 5.74) is 3.29. The second kappa shape index (κ2) is 5.77. The smallest absolute Gasteiger partial charge is 0.246 e. The van der Waals surface area contributed by atoms with Gasteiger partial charge in [-0.05, 0) is 29.3 Å². The molecule has 0 fully saturated rings. The number of benzene rings is 2. The van der Waals surface area contributed by atoms with Gasteiger partial charge in [0.25, 0.3) is 0 Å². The van der Waals surface area contributed by atoms with Crippen LogP contribution in [0.5, 0.6) is 5.75 Å². The molecule has 0 aliphatic carbocycles. The highest BCUT2D eigenvalue weighted by atomic mass is 16.5. The van der Waals surface area contributed by atoms with Gasteiger partial charge < -0.3 is 9.64 Å². The number of carbonyl (C=O) groups excluding carboxylic acids is 2. The predicted molar refractivity (Wildman–Crippen MR) is 100.0 cm³/mol. The lowest BCUT2D eigenvalue weighted by Crippen LogP contribution is -2.42. The van der Waals surface area contributed by atoms with Crippen molar-refractivity contribution in [1.29, 1.82) is 0 Å². The number of hydrogen-bond donors (Lipinski definition) is 0. The molecule has 0 saturated heterocycles. The molecule has 1 spiro atoms. The molecule has 2 aliphatic rings. The molecule has 3 heterocycles. The van der Waals surface area contributed by atoms with Crippen molar-refractivity contribution in [1.82, 2.24) is 4.98 Å². The number of para-hydroxylation sites is 1. The zero-order valence-electron chi connectivity index (χ0n) is 14.5. The summed E-state index contributed by atoms with van der Waals surface area (Å²) >= 11 is 0. The molecule has 0 N–H and O–H groups in total. The summed E-state index contributed by atoms with van der Waals surface area (Å²) in [6, 6.07) is 17.0. The molecule has 132 valence electrons. The first-order valence-corrected chi connectivity index (χ1v) is 8.77. The molecular weight excluding hydrogens is 340 g/mol. The van der Waals surface area contributed by atoms with E-state index in [0.29, 0.717) is 17.9 Å². The zero-order chi connectivity index (χ0) is 18.4. The van der Waals surface area contributed by atoms with Crippen LogP contribution in [0.2, 0.25) is 0 Å². The molecule has 1 unspecified atom stereocenters. The third-order valence-electron chi connectivity index (χ3n) is 5.37. The summed E-state index contributed by atoms with van der Waals surface area (Å²) in [7, 11) is 0. The number of ether oxygens (including phenoxy) is 1. The average Bonchev–Trinajstić information content (AvgIpc) is 3.21. The fraction of sp³-hybridized carbons (Fsp3) is 0.136. The van der Waals surface area contributed by atoms with Gasteiger partial charge in [0.1, 0.15) is 24.1 Å². The van der Waals surface area contributed by atoms with Gasteiger partial charge in [-0.1, -0.05) is 36.4 Å². The van der Waals surface area contributed by atoms with Gasteiger partial charge in [-0.2, -0.15) is 0 Å². The van der Waals surface area contributed by atoms with Crippen LogP contribution >= 0.6 is 0 Å². The number of carbonyl (C=O) groups is 2. The minimum Gasteiger partial charge on any atom is -0.491 e. The zero-order valence-corrected chi connectivity index (χ0v) is 14.5. The molecule has 5 heteroatoms. The minimum absolute atomic E-state index is 0.00911. The van der Waals surface area contributed by atoms with E-state index >= 15 is 0 Å². The molecule has 5 nitrogen and oxygen atoms in total. The van der Waals surface area contributed by atoms with E-state index in [-0.39, 0.29) is 12.5 Å². The third kappa shape index (κ3) is 2.15. The standard InChI is InChI=1S/C22H16N2O3/c25-13-15-7-8-18-20(10-15)27-14-22(18)17-5-1-2-6-19(17)24(21(22)26)12-16-4-3-9-23-11-16/h1-11,13H,12,14H2. The van der Waals surface area contributed by atoms with Crippen molar-refractivity contribution in [2.24, 2.45) is 0 Å². The Morgan fingerprint density at radius 3 is 2.81 bits per heavy atom. The van der Waals surface area contributed by atoms with E-state index in [9.17, 15) is 9.59 Å². The summed E-state index contributed by atoms with van der Waals surface area (Å²) in [6.07, 6.45) is 4.28. The number of fused-ring (bicyclic) bond motifs is 4. The van der Waals surface area contributed by atoms with Crippen LogP contribution in [-0.2, 0) is 16.8 Å². The topological polar surface area (TPSA) is 59.5 Å². The molecular formula is C22H16N2O3. The molecule has 27 heavy (non-hydrogen) atoms. The number of aldehydes is 1. The Morgan fingerprint density at radius 1 is 1.11 bits per heavy atom. The quantitative estimate of drug-likeness (QED) is 0.677. The highest BCUT2D eigenvalue weighted by Crippen LogP contribution is 2.52. The van der Waals surface area contributed by atoms with E-state index in [4.69, 9.17) is 4.74 Å². The molecule has 3 aromatic rings. The normalized spacial score (nSPS) is 19.7. The van der Waals surface area contributed by atoms with Crippen LogP contribution in [0, 0.1) is 0 Å². The van der Waals surface area contributed by atoms with Crippen LogP contribution in [0.4, 0.5) is 5.69 Å². The van der Waals surface area contributed by atoms with E-state index in [1.54, 1.807) is 29.4 Å². The Morgan fingerprint density at radius 2 is 2.00 bits per heavy atom. The van der Waals surface area contributed by atoms with Crippen molar-refractivity contribution in [2.75, 3.05) is 11.5 Å². The first-order chi connectivity index (χ1) is 13.2. The van der Waals surface area contributed by atoms with Gasteiger partial charge in [0.15, 0.2) is 0 Å². The fourth-order valence-electron chi connectivity index (χ4n) is 4.10.